The van der Waals surface area contributed by atoms with E-state index in [0.717, 1.165) is 17.7 Å². The largest absolute Gasteiger partial charge is 0.507 e. The molecule has 0 aliphatic carbocycles. The Labute approximate surface area is 355 Å². The van der Waals surface area contributed by atoms with Gasteiger partial charge in [-0.15, -0.1) is 0 Å². The molecule has 0 radical (unpaired) electrons. The Bertz CT molecular complexity index is 2580. The highest BCUT2D eigenvalue weighted by atomic mass is 16.8. The molecule has 63 heavy (non-hydrogen) atoms. The number of nitrogens with one attached hydrogen (secondary N) is 1. The van der Waals surface area contributed by atoms with Gasteiger partial charge in [-0.05, 0) is 42.5 Å². The fourth-order valence-corrected chi connectivity index (χ4v) is 8.86. The van der Waals surface area contributed by atoms with E-state index >= 15 is 0 Å². The van der Waals surface area contributed by atoms with Crippen LogP contribution in [0.2, 0.25) is 0 Å². The molecule has 2 spiro atoms. The minimum absolute atomic E-state index is 0.0545. The molecule has 0 saturated carbocycles. The molecule has 5 aliphatic heterocycles. The average molecular weight is 881 g/mol. The monoisotopic (exact) mass is 880 g/mol. The molecule has 2 saturated heterocycles. The number of phenols is 3. The molecule has 5 aliphatic rings. The highest BCUT2D eigenvalue weighted by molar-refractivity contribution is 5.89. The number of carbonyl (C=O) groups is 2. The van der Waals surface area contributed by atoms with Gasteiger partial charge in [-0.1, -0.05) is 24.8 Å². The minimum atomic E-state index is -2.98. The van der Waals surface area contributed by atoms with E-state index in [9.17, 15) is 70.6 Å². The zero-order chi connectivity index (χ0) is 45.5. The van der Waals surface area contributed by atoms with E-state index in [1.807, 2.05) is 6.92 Å². The predicted molar refractivity (Wildman–Crippen MR) is 210 cm³/mol. The normalized spacial score (nSPS) is 35.0. The summed E-state index contributed by atoms with van der Waals surface area (Å²) >= 11 is 0. The van der Waals surface area contributed by atoms with Gasteiger partial charge in [-0.3, -0.25) is 4.79 Å². The van der Waals surface area contributed by atoms with Crippen LogP contribution >= 0.6 is 0 Å². The first-order valence-corrected chi connectivity index (χ1v) is 19.8. The molecule has 336 valence electrons. The number of ether oxygens (including phenoxy) is 4. The first-order chi connectivity index (χ1) is 29.8. The van der Waals surface area contributed by atoms with E-state index in [1.165, 1.54) is 12.1 Å². The number of dihydropyridines is 1. The van der Waals surface area contributed by atoms with Gasteiger partial charge in [0.15, 0.2) is 16.9 Å². The van der Waals surface area contributed by atoms with Crippen molar-refractivity contribution in [3.8, 4) is 46.2 Å². The van der Waals surface area contributed by atoms with Gasteiger partial charge in [-0.2, -0.15) is 0 Å². The molecule has 21 nitrogen and oxygen atoms in total. The maximum absolute atomic E-state index is 14.3. The summed E-state index contributed by atoms with van der Waals surface area (Å²) in [6.07, 6.45) is -14.8. The number of aliphatic hydroxyl groups is 7. The molecule has 2 aromatic carbocycles. The van der Waals surface area contributed by atoms with Gasteiger partial charge in [0.2, 0.25) is 17.7 Å². The number of phenolic OH excluding ortho intramolecular Hbond substituents is 3. The van der Waals surface area contributed by atoms with Crippen LogP contribution in [0, 0.1) is 11.8 Å². The molecule has 0 amide bonds. The van der Waals surface area contributed by atoms with Crippen LogP contribution in [0.25, 0.3) is 22.3 Å². The quantitative estimate of drug-likeness (QED) is 0.0741. The van der Waals surface area contributed by atoms with Crippen LogP contribution in [0.4, 0.5) is 0 Å². The van der Waals surface area contributed by atoms with Gasteiger partial charge in [0.05, 0.1) is 12.6 Å². The van der Waals surface area contributed by atoms with Crippen molar-refractivity contribution < 1.29 is 89.1 Å². The molecule has 1 aromatic heterocycles. The lowest BCUT2D eigenvalue weighted by molar-refractivity contribution is -0.367. The Kier molecular flexibility index (Phi) is 11.0. The van der Waals surface area contributed by atoms with E-state index in [0.29, 0.717) is 12.0 Å². The lowest BCUT2D eigenvalue weighted by atomic mass is 9.78. The average Bonchev–Trinajstić information content (AvgIpc) is 3.37. The van der Waals surface area contributed by atoms with E-state index in [1.54, 1.807) is 12.3 Å². The van der Waals surface area contributed by atoms with Crippen LogP contribution in [0.5, 0.6) is 23.0 Å². The number of carbonyl (C=O) groups excluding carboxylic acids is 1. The highest BCUT2D eigenvalue weighted by Gasteiger charge is 2.68. The molecular formula is C42H44N2O19. The zero-order valence-electron chi connectivity index (χ0n) is 33.2. The summed E-state index contributed by atoms with van der Waals surface area (Å²) in [7, 11) is 0. The third-order valence-electron chi connectivity index (χ3n) is 12.3. The summed E-state index contributed by atoms with van der Waals surface area (Å²) in [6.45, 7) is 1.46. The maximum atomic E-state index is 14.3. The first-order valence-electron chi connectivity index (χ1n) is 19.8. The van der Waals surface area contributed by atoms with E-state index in [4.69, 9.17) is 29.1 Å². The lowest BCUT2D eigenvalue weighted by Crippen LogP contribution is -2.74. The highest BCUT2D eigenvalue weighted by Crippen LogP contribution is 2.53. The summed E-state index contributed by atoms with van der Waals surface area (Å²) < 4.78 is 29.6. The van der Waals surface area contributed by atoms with Crippen molar-refractivity contribution in [3.63, 3.8) is 0 Å². The Balaban J connectivity index is 1.31. The van der Waals surface area contributed by atoms with Crippen LogP contribution in [0.3, 0.4) is 0 Å². The van der Waals surface area contributed by atoms with Crippen molar-refractivity contribution in [2.75, 3.05) is 6.61 Å². The number of benzene rings is 2. The number of fused-ring (bicyclic) bond motifs is 4. The van der Waals surface area contributed by atoms with Crippen LogP contribution in [-0.2, 0) is 30.2 Å². The molecule has 2 fully saturated rings. The molecule has 3 aromatic rings. The number of hydrogen-bond acceptors (Lipinski definition) is 20. The van der Waals surface area contributed by atoms with E-state index < -0.39 is 126 Å². The third kappa shape index (κ3) is 6.78. The molecule has 8 rings (SSSR count). The first kappa shape index (κ1) is 43.9. The second-order valence-electron chi connectivity index (χ2n) is 16.0. The van der Waals surface area contributed by atoms with Gasteiger partial charge in [0.1, 0.15) is 64.9 Å². The van der Waals surface area contributed by atoms with Crippen molar-refractivity contribution in [2.24, 2.45) is 5.73 Å². The van der Waals surface area contributed by atoms with Crippen LogP contribution in [-0.4, -0.2) is 141 Å². The number of rotatable bonds is 6. The molecule has 1 unspecified atom stereocenters. The van der Waals surface area contributed by atoms with Crippen LogP contribution in [0.1, 0.15) is 49.7 Å². The standard InChI is InChI=1S/C42H44N2O19/c1-2-16-10-19(15-44-36(16)43)20-4-8-42(61-25-14-24-27(29(49)26(20)25)21(46)13-23(59-24)18-11-17(5-9-45)28(48)22(47)12-18)35(55)32(52)34(54)41(63-42)7-3-6-40(38(56)57)33(53)30(50)31(51)37(62-40)60-39(41)58/h10-15,20,30-37,44-45,47-55H,2,4-5,7-9,43H2,1H3,(H,56,57)/t20-,30-,31-,32+,33+,34+,35-,36?,37+,40+,41+,42+/m1/s1. The Morgan fingerprint density at radius 2 is 1.71 bits per heavy atom. The SMILES string of the molecule is CCC1=CC([C@H]2CC[C@]3(Oc4cc5oc(-c6cc(O)c(O)c(CCO)c6)cc(=O)c5c(O)c42)O[C@@]2(CC#C[C@]4(C(=O)O)O[C@H](OC2=O)[C@H](O)[C@@H](O)[C@@H]4O)[C@@H](O)[C@H](O)[C@H]3O)=CNC1N. The van der Waals surface area contributed by atoms with Crippen molar-refractivity contribution in [3.05, 3.63) is 69.0 Å². The van der Waals surface area contributed by atoms with Gasteiger partial charge < -0.3 is 90.6 Å². The maximum Gasteiger partial charge on any atom is 0.351 e. The number of carboxylic acids is 1. The predicted octanol–water partition coefficient (Wildman–Crippen LogP) is -1.76. The Morgan fingerprint density at radius 3 is 2.41 bits per heavy atom. The molecular weight excluding hydrogens is 836 g/mol. The minimum Gasteiger partial charge on any atom is -0.507 e. The fourth-order valence-electron chi connectivity index (χ4n) is 8.86. The number of allylic oxidation sites excluding steroid dienone is 2. The summed E-state index contributed by atoms with van der Waals surface area (Å²) in [4.78, 5) is 40.7. The molecule has 14 N–H and O–H groups in total. The summed E-state index contributed by atoms with van der Waals surface area (Å²) in [6, 6.07) is 4.67. The second-order valence-corrected chi connectivity index (χ2v) is 16.0. The number of aromatic hydroxyl groups is 3. The molecule has 12 atom stereocenters. The fraction of sp³-hybridized carbons (Fsp3) is 0.452. The van der Waals surface area contributed by atoms with Crippen molar-refractivity contribution in [1.82, 2.24) is 5.32 Å². The number of hydrogen-bond donors (Lipinski definition) is 13. The van der Waals surface area contributed by atoms with Crippen LogP contribution in [0.15, 0.2) is 56.9 Å². The molecule has 21 heteroatoms. The van der Waals surface area contributed by atoms with Crippen molar-refractivity contribution >= 4 is 22.9 Å². The number of carboxylic acid groups (broad SMARTS) is 1. The molecule has 6 heterocycles. The van der Waals surface area contributed by atoms with E-state index in [2.05, 4.69) is 17.2 Å². The van der Waals surface area contributed by atoms with Gasteiger partial charge in [0, 0.05) is 54.0 Å². The zero-order valence-corrected chi connectivity index (χ0v) is 33.2. The van der Waals surface area contributed by atoms with Crippen LogP contribution < -0.4 is 21.2 Å². The van der Waals surface area contributed by atoms with E-state index in [-0.39, 0.29) is 52.0 Å². The molecule has 2 bridgehead atoms. The van der Waals surface area contributed by atoms with Gasteiger partial charge >= 0.3 is 11.9 Å². The topological polar surface area (TPSA) is 362 Å². The second kappa shape index (κ2) is 15.8. The van der Waals surface area contributed by atoms with Crippen molar-refractivity contribution in [1.29, 1.82) is 0 Å². The lowest BCUT2D eigenvalue weighted by Gasteiger charge is -2.52. The number of aliphatic carboxylic acids is 1. The number of nitrogens with two attached hydrogens (primary N) is 1. The smallest absolute Gasteiger partial charge is 0.351 e. The Hall–Kier alpha value is -5.77. The van der Waals surface area contributed by atoms with Crippen molar-refractivity contribution in [2.45, 2.75) is 111 Å². The summed E-state index contributed by atoms with van der Waals surface area (Å²) in [5.74, 6) is -4.92. The number of aliphatic hydroxyl groups excluding tert-OH is 7. The Morgan fingerprint density at radius 1 is 0.968 bits per heavy atom. The van der Waals surface area contributed by atoms with Gasteiger partial charge in [-0.25, -0.2) is 9.59 Å². The summed E-state index contributed by atoms with van der Waals surface area (Å²) in [5, 5.41) is 122. The third-order valence-corrected chi connectivity index (χ3v) is 12.3. The van der Waals surface area contributed by atoms with Gasteiger partial charge in [0.25, 0.3) is 5.60 Å². The number of esters is 1. The summed E-state index contributed by atoms with van der Waals surface area (Å²) in [5.41, 5.74) is 0.648.